The summed E-state index contributed by atoms with van der Waals surface area (Å²) in [6, 6.07) is -0.00376. The first kappa shape index (κ1) is 13.3. The van der Waals surface area contributed by atoms with Crippen LogP contribution in [-0.4, -0.2) is 46.9 Å². The highest BCUT2D eigenvalue weighted by molar-refractivity contribution is 6.01. The summed E-state index contributed by atoms with van der Waals surface area (Å²) in [7, 11) is 0. The molecule has 1 fully saturated rings. The van der Waals surface area contributed by atoms with Crippen molar-refractivity contribution in [2.45, 2.75) is 26.3 Å². The van der Waals surface area contributed by atoms with Gasteiger partial charge in [-0.15, -0.1) is 0 Å². The molecule has 2 unspecified atom stereocenters. The van der Waals surface area contributed by atoms with Gasteiger partial charge in [0.05, 0.1) is 5.92 Å². The largest absolute Gasteiger partial charge is 0.409 e. The van der Waals surface area contributed by atoms with Gasteiger partial charge < -0.3 is 21.2 Å². The first-order valence-corrected chi connectivity index (χ1v) is 5.49. The zero-order valence-electron chi connectivity index (χ0n) is 10.0. The van der Waals surface area contributed by atoms with Crippen LogP contribution < -0.4 is 11.1 Å². The van der Waals surface area contributed by atoms with Crippen molar-refractivity contribution in [2.24, 2.45) is 16.8 Å². The van der Waals surface area contributed by atoms with Crippen LogP contribution in [0.5, 0.6) is 0 Å². The number of likely N-dealkylation sites (tertiary alicyclic amines) is 1. The average Bonchev–Trinajstić information content (AvgIpc) is 2.73. The van der Waals surface area contributed by atoms with Crippen LogP contribution in [0, 0.1) is 5.92 Å². The summed E-state index contributed by atoms with van der Waals surface area (Å²) in [6.07, 6.45) is 0.730. The Morgan fingerprint density at radius 1 is 1.59 bits per heavy atom. The molecule has 0 aromatic heterocycles. The van der Waals surface area contributed by atoms with Crippen molar-refractivity contribution < 1.29 is 14.8 Å². The Kier molecular flexibility index (Phi) is 4.30. The minimum absolute atomic E-state index is 0.00376. The number of hydrogen-bond donors (Lipinski definition) is 3. The van der Waals surface area contributed by atoms with Gasteiger partial charge in [0, 0.05) is 26.1 Å². The summed E-state index contributed by atoms with van der Waals surface area (Å²) in [6.45, 7) is 4.08. The van der Waals surface area contributed by atoms with E-state index in [0.717, 1.165) is 6.42 Å². The molecule has 0 aliphatic carbocycles. The van der Waals surface area contributed by atoms with Crippen molar-refractivity contribution in [1.29, 1.82) is 0 Å². The lowest BCUT2D eigenvalue weighted by Crippen LogP contribution is -2.42. The molecule has 96 valence electrons. The smallest absolute Gasteiger partial charge is 0.233 e. The monoisotopic (exact) mass is 242 g/mol. The Morgan fingerprint density at radius 2 is 2.24 bits per heavy atom. The number of carbonyl (C=O) groups excluding carboxylic acids is 2. The van der Waals surface area contributed by atoms with Crippen LogP contribution in [0.15, 0.2) is 5.16 Å². The fourth-order valence-corrected chi connectivity index (χ4v) is 1.85. The maximum atomic E-state index is 11.9. The second kappa shape index (κ2) is 5.51. The summed E-state index contributed by atoms with van der Waals surface area (Å²) in [5, 5.41) is 14.1. The molecule has 4 N–H and O–H groups in total. The van der Waals surface area contributed by atoms with Gasteiger partial charge in [-0.05, 0) is 13.3 Å². The van der Waals surface area contributed by atoms with E-state index < -0.39 is 5.92 Å². The maximum Gasteiger partial charge on any atom is 0.233 e. The quantitative estimate of drug-likeness (QED) is 0.258. The lowest BCUT2D eigenvalue weighted by Gasteiger charge is -2.20. The predicted octanol–water partition coefficient (Wildman–Crippen LogP) is -0.894. The van der Waals surface area contributed by atoms with Crippen molar-refractivity contribution in [1.82, 2.24) is 10.2 Å². The molecular formula is C10H18N4O3. The first-order valence-electron chi connectivity index (χ1n) is 5.49. The van der Waals surface area contributed by atoms with Gasteiger partial charge in [0.25, 0.3) is 0 Å². The first-order chi connectivity index (χ1) is 7.95. The second-order valence-electron chi connectivity index (χ2n) is 4.22. The number of amidine groups is 1. The number of hydrogen-bond acceptors (Lipinski definition) is 4. The lowest BCUT2D eigenvalue weighted by atomic mass is 10.1. The van der Waals surface area contributed by atoms with Crippen molar-refractivity contribution in [3.63, 3.8) is 0 Å². The summed E-state index contributed by atoms with van der Waals surface area (Å²) in [4.78, 5) is 24.4. The third kappa shape index (κ3) is 3.33. The average molecular weight is 242 g/mol. The zero-order chi connectivity index (χ0) is 13.0. The van der Waals surface area contributed by atoms with Crippen LogP contribution in [0.1, 0.15) is 20.3 Å². The number of amides is 2. The van der Waals surface area contributed by atoms with Crippen LogP contribution in [0.4, 0.5) is 0 Å². The van der Waals surface area contributed by atoms with E-state index in [1.54, 1.807) is 11.8 Å². The van der Waals surface area contributed by atoms with Crippen molar-refractivity contribution in [2.75, 3.05) is 13.1 Å². The maximum absolute atomic E-state index is 11.9. The zero-order valence-corrected chi connectivity index (χ0v) is 10.0. The van der Waals surface area contributed by atoms with E-state index in [1.165, 1.54) is 6.92 Å². The minimum Gasteiger partial charge on any atom is -0.409 e. The fourth-order valence-electron chi connectivity index (χ4n) is 1.85. The molecule has 0 aromatic rings. The summed E-state index contributed by atoms with van der Waals surface area (Å²) in [5.74, 6) is -1.03. The highest BCUT2D eigenvalue weighted by atomic mass is 16.4. The standard InChI is InChI=1S/C10H18N4O3/c1-6(9(11)13-17)10(16)14-4-3-8(5-14)12-7(2)15/h6,8,17H,3-5H2,1-2H3,(H2,11,13)(H,12,15). The van der Waals surface area contributed by atoms with E-state index >= 15 is 0 Å². The summed E-state index contributed by atoms with van der Waals surface area (Å²) < 4.78 is 0. The van der Waals surface area contributed by atoms with Crippen molar-refractivity contribution in [3.05, 3.63) is 0 Å². The van der Waals surface area contributed by atoms with E-state index in [-0.39, 0.29) is 23.7 Å². The predicted molar refractivity (Wildman–Crippen MR) is 61.4 cm³/mol. The Labute approximate surface area is 99.6 Å². The molecular weight excluding hydrogens is 224 g/mol. The number of oxime groups is 1. The number of nitrogens with one attached hydrogen (secondary N) is 1. The number of carbonyl (C=O) groups is 2. The van der Waals surface area contributed by atoms with Gasteiger partial charge in [0.1, 0.15) is 0 Å². The molecule has 1 heterocycles. The van der Waals surface area contributed by atoms with E-state index in [1.807, 2.05) is 0 Å². The molecule has 1 aliphatic rings. The molecule has 17 heavy (non-hydrogen) atoms. The van der Waals surface area contributed by atoms with E-state index in [4.69, 9.17) is 10.9 Å². The molecule has 2 atom stereocenters. The minimum atomic E-state index is -0.643. The fraction of sp³-hybridized carbons (Fsp3) is 0.700. The SMILES string of the molecule is CC(=O)NC1CCN(C(=O)C(C)C(N)=NO)C1. The van der Waals surface area contributed by atoms with Crippen molar-refractivity contribution in [3.8, 4) is 0 Å². The second-order valence-corrected chi connectivity index (χ2v) is 4.22. The van der Waals surface area contributed by atoms with Gasteiger partial charge in [0.2, 0.25) is 11.8 Å². The van der Waals surface area contributed by atoms with Crippen LogP contribution >= 0.6 is 0 Å². The Bertz CT molecular complexity index is 342. The Balaban J connectivity index is 2.53. The van der Waals surface area contributed by atoms with Gasteiger partial charge in [-0.2, -0.15) is 0 Å². The molecule has 7 nitrogen and oxygen atoms in total. The molecule has 0 bridgehead atoms. The molecule has 0 radical (unpaired) electrons. The van der Waals surface area contributed by atoms with Gasteiger partial charge in [0.15, 0.2) is 5.84 Å². The third-order valence-electron chi connectivity index (χ3n) is 2.84. The highest BCUT2D eigenvalue weighted by Crippen LogP contribution is 2.13. The Hall–Kier alpha value is -1.79. The molecule has 0 saturated carbocycles. The van der Waals surface area contributed by atoms with Crippen LogP contribution in [0.25, 0.3) is 0 Å². The van der Waals surface area contributed by atoms with Crippen molar-refractivity contribution >= 4 is 17.6 Å². The molecule has 1 rings (SSSR count). The number of nitrogens with two attached hydrogens (primary N) is 1. The molecule has 0 spiro atoms. The molecule has 1 aliphatic heterocycles. The Morgan fingerprint density at radius 3 is 2.76 bits per heavy atom. The van der Waals surface area contributed by atoms with E-state index in [0.29, 0.717) is 13.1 Å². The normalized spacial score (nSPS) is 22.4. The van der Waals surface area contributed by atoms with Gasteiger partial charge in [-0.1, -0.05) is 5.16 Å². The topological polar surface area (TPSA) is 108 Å². The molecule has 1 saturated heterocycles. The van der Waals surface area contributed by atoms with E-state index in [2.05, 4.69) is 10.5 Å². The van der Waals surface area contributed by atoms with Crippen LogP contribution in [-0.2, 0) is 9.59 Å². The van der Waals surface area contributed by atoms with E-state index in [9.17, 15) is 9.59 Å². The number of nitrogens with zero attached hydrogens (tertiary/aromatic N) is 2. The van der Waals surface area contributed by atoms with Crippen LogP contribution in [0.2, 0.25) is 0 Å². The van der Waals surface area contributed by atoms with Crippen LogP contribution in [0.3, 0.4) is 0 Å². The number of rotatable bonds is 3. The molecule has 0 aromatic carbocycles. The van der Waals surface area contributed by atoms with Gasteiger partial charge in [-0.25, -0.2) is 0 Å². The third-order valence-corrected chi connectivity index (χ3v) is 2.84. The summed E-state index contributed by atoms with van der Waals surface area (Å²) in [5.41, 5.74) is 5.38. The lowest BCUT2D eigenvalue weighted by molar-refractivity contribution is -0.132. The van der Waals surface area contributed by atoms with Gasteiger partial charge in [-0.3, -0.25) is 9.59 Å². The summed E-state index contributed by atoms with van der Waals surface area (Å²) >= 11 is 0. The molecule has 7 heteroatoms. The highest BCUT2D eigenvalue weighted by Gasteiger charge is 2.30. The molecule has 2 amide bonds. The van der Waals surface area contributed by atoms with Gasteiger partial charge >= 0.3 is 0 Å².